The van der Waals surface area contributed by atoms with E-state index < -0.39 is 36.1 Å². The third-order valence-electron chi connectivity index (χ3n) is 3.43. The maximum absolute atomic E-state index is 11.6. The van der Waals surface area contributed by atoms with E-state index in [2.05, 4.69) is 15.0 Å². The van der Waals surface area contributed by atoms with Gasteiger partial charge in [-0.2, -0.15) is 0 Å². The predicted octanol–water partition coefficient (Wildman–Crippen LogP) is -1.70. The van der Waals surface area contributed by atoms with Crippen LogP contribution in [0.5, 0.6) is 0 Å². The molecule has 10 heteroatoms. The minimum absolute atomic E-state index is 0.0937. The Hall–Kier alpha value is -2.30. The van der Waals surface area contributed by atoms with Crippen molar-refractivity contribution in [2.45, 2.75) is 31.5 Å². The Balaban J connectivity index is 1.89. The van der Waals surface area contributed by atoms with Gasteiger partial charge in [-0.05, 0) is 0 Å². The Labute approximate surface area is 123 Å². The van der Waals surface area contributed by atoms with Gasteiger partial charge in [0.05, 0.1) is 12.7 Å². The first-order valence-corrected chi connectivity index (χ1v) is 6.54. The molecule has 4 atom stereocenters. The molecule has 0 amide bonds. The van der Waals surface area contributed by atoms with Gasteiger partial charge in [-0.25, -0.2) is 9.97 Å². The van der Waals surface area contributed by atoms with Crippen LogP contribution in [0.3, 0.4) is 0 Å². The van der Waals surface area contributed by atoms with Crippen molar-refractivity contribution in [2.24, 2.45) is 0 Å². The monoisotopic (exact) mass is 310 g/mol. The highest BCUT2D eigenvalue weighted by Gasteiger charge is 2.44. The molecule has 3 heterocycles. The van der Waals surface area contributed by atoms with Crippen LogP contribution in [0.25, 0.3) is 11.2 Å². The van der Waals surface area contributed by atoms with Gasteiger partial charge in [-0.15, -0.1) is 0 Å². The second-order valence-corrected chi connectivity index (χ2v) is 4.90. The molecule has 0 bridgehead atoms. The molecule has 0 aliphatic carbocycles. The molecule has 1 aliphatic heterocycles. The third-order valence-corrected chi connectivity index (χ3v) is 3.43. The number of esters is 1. The minimum atomic E-state index is -1.28. The number of H-pyrrole nitrogens is 1. The van der Waals surface area contributed by atoms with Crippen LogP contribution in [0.1, 0.15) is 13.2 Å². The summed E-state index contributed by atoms with van der Waals surface area (Å²) in [7, 11) is 0. The number of aliphatic hydroxyl groups excluding tert-OH is 2. The second kappa shape index (κ2) is 5.48. The summed E-state index contributed by atoms with van der Waals surface area (Å²) in [6, 6.07) is 0. The highest BCUT2D eigenvalue weighted by molar-refractivity contribution is 5.69. The highest BCUT2D eigenvalue weighted by Crippen LogP contribution is 2.31. The van der Waals surface area contributed by atoms with Gasteiger partial charge >= 0.3 is 5.97 Å². The topological polar surface area (TPSA) is 140 Å². The predicted molar refractivity (Wildman–Crippen MR) is 70.7 cm³/mol. The van der Waals surface area contributed by atoms with Crippen LogP contribution < -0.4 is 5.56 Å². The van der Waals surface area contributed by atoms with E-state index in [-0.39, 0.29) is 17.8 Å². The summed E-state index contributed by atoms with van der Waals surface area (Å²) in [4.78, 5) is 32.7. The van der Waals surface area contributed by atoms with Gasteiger partial charge in [0, 0.05) is 6.92 Å². The van der Waals surface area contributed by atoms with Crippen LogP contribution in [0, 0.1) is 0 Å². The zero-order chi connectivity index (χ0) is 15.9. The van der Waals surface area contributed by atoms with Crippen molar-refractivity contribution < 1.29 is 24.5 Å². The minimum Gasteiger partial charge on any atom is -0.463 e. The molecule has 0 unspecified atom stereocenters. The molecule has 22 heavy (non-hydrogen) atoms. The number of carbonyl (C=O) groups excluding carboxylic acids is 1. The number of nitrogens with zero attached hydrogens (tertiary/aromatic N) is 3. The lowest BCUT2D eigenvalue weighted by Crippen LogP contribution is -2.34. The molecular weight excluding hydrogens is 296 g/mol. The van der Waals surface area contributed by atoms with E-state index >= 15 is 0 Å². The largest absolute Gasteiger partial charge is 0.463 e. The van der Waals surface area contributed by atoms with E-state index in [1.165, 1.54) is 24.1 Å². The van der Waals surface area contributed by atoms with Gasteiger partial charge in [0.2, 0.25) is 0 Å². The van der Waals surface area contributed by atoms with E-state index in [0.29, 0.717) is 0 Å². The standard InChI is InChI=1S/C12H14N4O6/c1-5(17)21-2-6-8(18)9(19)12(22-6)16-4-15-7-10(16)13-3-14-11(7)20/h3-4,6,8-9,12,18-19H,2H2,1H3,(H,13,14,20)/t6-,8-,9-,12-/m1/s1. The molecule has 10 nitrogen and oxygen atoms in total. The number of nitrogens with one attached hydrogen (secondary N) is 1. The molecule has 118 valence electrons. The average Bonchev–Trinajstić information content (AvgIpc) is 3.01. The molecule has 1 saturated heterocycles. The van der Waals surface area contributed by atoms with E-state index in [1.54, 1.807) is 0 Å². The van der Waals surface area contributed by atoms with Crippen molar-refractivity contribution in [3.8, 4) is 0 Å². The van der Waals surface area contributed by atoms with Gasteiger partial charge in [0.25, 0.3) is 5.56 Å². The number of hydrogen-bond acceptors (Lipinski definition) is 8. The fourth-order valence-electron chi connectivity index (χ4n) is 2.35. The van der Waals surface area contributed by atoms with Crippen LogP contribution >= 0.6 is 0 Å². The van der Waals surface area contributed by atoms with Crippen LogP contribution in [0.4, 0.5) is 0 Å². The zero-order valence-electron chi connectivity index (χ0n) is 11.5. The smallest absolute Gasteiger partial charge is 0.302 e. The molecule has 2 aromatic rings. The van der Waals surface area contributed by atoms with Crippen molar-refractivity contribution in [3.05, 3.63) is 23.0 Å². The van der Waals surface area contributed by atoms with Gasteiger partial charge in [-0.3, -0.25) is 14.2 Å². The Kier molecular flexibility index (Phi) is 3.64. The summed E-state index contributed by atoms with van der Waals surface area (Å²) < 4.78 is 11.7. The molecule has 0 spiro atoms. The third kappa shape index (κ3) is 2.36. The van der Waals surface area contributed by atoms with Crippen LogP contribution in [0.15, 0.2) is 17.4 Å². The number of rotatable bonds is 3. The van der Waals surface area contributed by atoms with Crippen molar-refractivity contribution in [3.63, 3.8) is 0 Å². The SMILES string of the molecule is CC(=O)OC[C@H]1O[C@@H](n2cnc3c(=O)[nH]cnc32)[C@H](O)[C@@H]1O. The number of aromatic nitrogens is 4. The molecular formula is C12H14N4O6. The Morgan fingerprint density at radius 2 is 2.23 bits per heavy atom. The van der Waals surface area contributed by atoms with E-state index in [1.807, 2.05) is 0 Å². The van der Waals surface area contributed by atoms with Crippen molar-refractivity contribution in [1.29, 1.82) is 0 Å². The Bertz CT molecular complexity index is 755. The summed E-state index contributed by atoms with van der Waals surface area (Å²) >= 11 is 0. The van der Waals surface area contributed by atoms with Gasteiger partial charge in [-0.1, -0.05) is 0 Å². The molecule has 0 saturated carbocycles. The fraction of sp³-hybridized carbons (Fsp3) is 0.500. The lowest BCUT2D eigenvalue weighted by molar-refractivity contribution is -0.147. The van der Waals surface area contributed by atoms with Crippen molar-refractivity contribution in [1.82, 2.24) is 19.5 Å². The first-order chi connectivity index (χ1) is 10.5. The lowest BCUT2D eigenvalue weighted by atomic mass is 10.1. The number of imidazole rings is 1. The summed E-state index contributed by atoms with van der Waals surface area (Å²) in [6.45, 7) is 1.04. The summed E-state index contributed by atoms with van der Waals surface area (Å²) in [5.41, 5.74) is -0.113. The molecule has 3 N–H and O–H groups in total. The number of hydrogen-bond donors (Lipinski definition) is 3. The first-order valence-electron chi connectivity index (χ1n) is 6.54. The van der Waals surface area contributed by atoms with Crippen molar-refractivity contribution in [2.75, 3.05) is 6.61 Å². The number of ether oxygens (including phenoxy) is 2. The van der Waals surface area contributed by atoms with Crippen molar-refractivity contribution >= 4 is 17.1 Å². The maximum atomic E-state index is 11.6. The van der Waals surface area contributed by atoms with E-state index in [4.69, 9.17) is 9.47 Å². The summed E-state index contributed by atoms with van der Waals surface area (Å²) in [5.74, 6) is -0.518. The molecule has 0 aromatic carbocycles. The van der Waals surface area contributed by atoms with Gasteiger partial charge in [0.1, 0.15) is 24.9 Å². The molecule has 0 radical (unpaired) electrons. The normalized spacial score (nSPS) is 28.1. The molecule has 1 fully saturated rings. The van der Waals surface area contributed by atoms with Crippen LogP contribution in [-0.4, -0.2) is 60.6 Å². The Morgan fingerprint density at radius 3 is 2.95 bits per heavy atom. The lowest BCUT2D eigenvalue weighted by Gasteiger charge is -2.16. The second-order valence-electron chi connectivity index (χ2n) is 4.90. The highest BCUT2D eigenvalue weighted by atomic mass is 16.6. The first kappa shape index (κ1) is 14.6. The van der Waals surface area contributed by atoms with E-state index in [0.717, 1.165) is 0 Å². The quantitative estimate of drug-likeness (QED) is 0.570. The summed E-state index contributed by atoms with van der Waals surface area (Å²) in [6.07, 6.45) is -1.90. The maximum Gasteiger partial charge on any atom is 0.302 e. The number of fused-ring (bicyclic) bond motifs is 1. The van der Waals surface area contributed by atoms with Gasteiger partial charge in [0.15, 0.2) is 17.4 Å². The summed E-state index contributed by atoms with van der Waals surface area (Å²) in [5, 5.41) is 20.1. The Morgan fingerprint density at radius 1 is 1.45 bits per heavy atom. The van der Waals surface area contributed by atoms with Gasteiger partial charge < -0.3 is 24.7 Å². The number of aromatic amines is 1. The average molecular weight is 310 g/mol. The molecule has 1 aliphatic rings. The fourth-order valence-corrected chi connectivity index (χ4v) is 2.35. The van der Waals surface area contributed by atoms with Crippen LogP contribution in [-0.2, 0) is 14.3 Å². The van der Waals surface area contributed by atoms with Crippen LogP contribution in [0.2, 0.25) is 0 Å². The number of carbonyl (C=O) groups is 1. The van der Waals surface area contributed by atoms with E-state index in [9.17, 15) is 19.8 Å². The molecule has 2 aromatic heterocycles. The molecule has 3 rings (SSSR count). The zero-order valence-corrected chi connectivity index (χ0v) is 11.5. The number of aliphatic hydroxyl groups is 2.